The van der Waals surface area contributed by atoms with Gasteiger partial charge in [-0.05, 0) is 35.9 Å². The van der Waals surface area contributed by atoms with E-state index in [0.29, 0.717) is 57.3 Å². The number of aliphatic hydroxyl groups is 1. The van der Waals surface area contributed by atoms with Gasteiger partial charge in [-0.25, -0.2) is 9.37 Å². The Morgan fingerprint density at radius 2 is 1.93 bits per heavy atom. The molecule has 0 radical (unpaired) electrons. The fraction of sp³-hybridized carbons (Fsp3) is 0.367. The first kappa shape index (κ1) is 28.5. The second-order valence-electron chi connectivity index (χ2n) is 10.4. The molecule has 3 heterocycles. The van der Waals surface area contributed by atoms with Gasteiger partial charge in [-0.3, -0.25) is 4.79 Å². The third-order valence-corrected chi connectivity index (χ3v) is 6.81. The second-order valence-corrected chi connectivity index (χ2v) is 10.4. The number of carbonyl (C=O) groups excluding carboxylic acids is 1. The molecule has 10 nitrogen and oxygen atoms in total. The highest BCUT2D eigenvalue weighted by atomic mass is 19.1. The van der Waals surface area contributed by atoms with Crippen molar-refractivity contribution in [1.82, 2.24) is 25.5 Å². The zero-order valence-electron chi connectivity index (χ0n) is 22.9. The summed E-state index contributed by atoms with van der Waals surface area (Å²) in [5, 5.41) is 15.4. The summed E-state index contributed by atoms with van der Waals surface area (Å²) in [4.78, 5) is 23.1. The lowest BCUT2D eigenvalue weighted by Gasteiger charge is -2.41. The number of amides is 1. The Labute approximate surface area is 238 Å². The van der Waals surface area contributed by atoms with E-state index in [0.717, 1.165) is 16.8 Å². The maximum Gasteiger partial charge on any atom is 0.316 e. The molecule has 2 aliphatic rings. The van der Waals surface area contributed by atoms with Crippen molar-refractivity contribution >= 4 is 17.3 Å². The summed E-state index contributed by atoms with van der Waals surface area (Å²) in [5.74, 6) is -0.399. The van der Waals surface area contributed by atoms with Crippen LogP contribution in [0.3, 0.4) is 0 Å². The van der Waals surface area contributed by atoms with Gasteiger partial charge in [0, 0.05) is 36.7 Å². The molecular weight excluding hydrogens is 529 g/mol. The molecule has 1 saturated heterocycles. The first-order valence-electron chi connectivity index (χ1n) is 13.6. The van der Waals surface area contributed by atoms with Gasteiger partial charge < -0.3 is 34.9 Å². The molecule has 0 aliphatic carbocycles. The van der Waals surface area contributed by atoms with E-state index >= 15 is 0 Å². The lowest BCUT2D eigenvalue weighted by molar-refractivity contribution is -0.271. The molecule has 5 rings (SSSR count). The van der Waals surface area contributed by atoms with Crippen LogP contribution >= 0.6 is 0 Å². The minimum Gasteiger partial charge on any atom is -0.463 e. The number of hydrogen-bond donors (Lipinski definition) is 3. The Hall–Kier alpha value is -4.06. The van der Waals surface area contributed by atoms with E-state index in [1.807, 2.05) is 42.2 Å². The van der Waals surface area contributed by atoms with Crippen LogP contribution < -0.4 is 15.4 Å². The number of nitrogens with one attached hydrogen (secondary N) is 2. The molecule has 0 saturated carbocycles. The molecule has 0 atom stereocenters. The first-order valence-corrected chi connectivity index (χ1v) is 13.6. The van der Waals surface area contributed by atoms with Gasteiger partial charge in [0.1, 0.15) is 5.82 Å². The molecule has 0 bridgehead atoms. The smallest absolute Gasteiger partial charge is 0.316 e. The van der Waals surface area contributed by atoms with Crippen LogP contribution in [-0.2, 0) is 20.7 Å². The van der Waals surface area contributed by atoms with Crippen LogP contribution in [0.2, 0.25) is 0 Å². The number of benzene rings is 2. The predicted molar refractivity (Wildman–Crippen MR) is 149 cm³/mol. The fourth-order valence-corrected chi connectivity index (χ4v) is 4.63. The minimum absolute atomic E-state index is 0.0105. The summed E-state index contributed by atoms with van der Waals surface area (Å²) in [6, 6.07) is 17.7. The van der Waals surface area contributed by atoms with Crippen molar-refractivity contribution in [2.24, 2.45) is 5.41 Å². The van der Waals surface area contributed by atoms with Crippen LogP contribution in [0.15, 0.2) is 66.9 Å². The van der Waals surface area contributed by atoms with E-state index in [4.69, 9.17) is 19.3 Å². The number of halogens is 1. The van der Waals surface area contributed by atoms with Crippen LogP contribution in [0.1, 0.15) is 30.2 Å². The van der Waals surface area contributed by atoms with Gasteiger partial charge in [0.05, 0.1) is 50.0 Å². The Bertz CT molecular complexity index is 1350. The van der Waals surface area contributed by atoms with Gasteiger partial charge in [0.15, 0.2) is 0 Å². The number of rotatable bonds is 11. The Kier molecular flexibility index (Phi) is 9.07. The van der Waals surface area contributed by atoms with Crippen LogP contribution in [-0.4, -0.2) is 71.9 Å². The summed E-state index contributed by atoms with van der Waals surface area (Å²) in [7, 11) is 0. The van der Waals surface area contributed by atoms with E-state index in [1.54, 1.807) is 24.4 Å². The Morgan fingerprint density at radius 1 is 1.17 bits per heavy atom. The third kappa shape index (κ3) is 7.18. The van der Waals surface area contributed by atoms with E-state index < -0.39 is 11.8 Å². The average Bonchev–Trinajstić information content (AvgIpc) is 3.43. The molecule has 3 N–H and O–H groups in total. The van der Waals surface area contributed by atoms with Gasteiger partial charge in [0.2, 0.25) is 12.3 Å². The van der Waals surface area contributed by atoms with Crippen molar-refractivity contribution in [3.8, 4) is 6.01 Å². The average molecular weight is 564 g/mol. The van der Waals surface area contributed by atoms with Crippen LogP contribution in [0, 0.1) is 11.2 Å². The Morgan fingerprint density at radius 3 is 2.66 bits per heavy atom. The molecule has 0 spiro atoms. The van der Waals surface area contributed by atoms with Gasteiger partial charge in [-0.15, -0.1) is 0 Å². The molecule has 2 aliphatic heterocycles. The van der Waals surface area contributed by atoms with Crippen molar-refractivity contribution in [3.63, 3.8) is 0 Å². The number of ether oxygens (including phenoxy) is 3. The zero-order chi connectivity index (χ0) is 28.7. The third-order valence-electron chi connectivity index (χ3n) is 6.81. The summed E-state index contributed by atoms with van der Waals surface area (Å²) in [6.07, 6.45) is 1.67. The van der Waals surface area contributed by atoms with Crippen molar-refractivity contribution in [2.45, 2.75) is 26.2 Å². The lowest BCUT2D eigenvalue weighted by atomic mass is 9.92. The molecule has 2 aromatic carbocycles. The molecule has 1 aromatic heterocycles. The summed E-state index contributed by atoms with van der Waals surface area (Å²) >= 11 is 0. The van der Waals surface area contributed by atoms with Crippen LogP contribution in [0.5, 0.6) is 6.01 Å². The normalized spacial score (nSPS) is 20.6. The molecule has 1 amide bonds. The van der Waals surface area contributed by atoms with Gasteiger partial charge >= 0.3 is 6.01 Å². The molecule has 11 heteroatoms. The minimum atomic E-state index is -0.713. The number of aliphatic hydroxyl groups excluding tert-OH is 1. The van der Waals surface area contributed by atoms with Crippen molar-refractivity contribution < 1.29 is 28.5 Å². The van der Waals surface area contributed by atoms with Crippen molar-refractivity contribution in [3.05, 3.63) is 89.5 Å². The van der Waals surface area contributed by atoms with Gasteiger partial charge in [-0.1, -0.05) is 37.3 Å². The van der Waals surface area contributed by atoms with E-state index in [-0.39, 0.29) is 24.3 Å². The molecule has 41 heavy (non-hydrogen) atoms. The first-order chi connectivity index (χ1) is 19.9. The molecular formula is C30H34FN5O5. The maximum absolute atomic E-state index is 13.8. The zero-order valence-corrected chi connectivity index (χ0v) is 22.9. The van der Waals surface area contributed by atoms with Crippen molar-refractivity contribution in [2.75, 3.05) is 39.6 Å². The summed E-state index contributed by atoms with van der Waals surface area (Å²) < 4.78 is 31.8. The Balaban J connectivity index is 1.29. The topological polar surface area (TPSA) is 118 Å². The number of nitrogens with zero attached hydrogens (tertiary/aromatic N) is 3. The fourth-order valence-electron chi connectivity index (χ4n) is 4.63. The molecule has 3 aromatic rings. The van der Waals surface area contributed by atoms with Crippen LogP contribution in [0.4, 0.5) is 4.39 Å². The maximum atomic E-state index is 13.8. The molecule has 0 unspecified atom stereocenters. The second kappa shape index (κ2) is 13.1. The molecule has 216 valence electrons. The van der Waals surface area contributed by atoms with E-state index in [1.165, 1.54) is 12.1 Å². The van der Waals surface area contributed by atoms with Crippen molar-refractivity contribution in [1.29, 1.82) is 0 Å². The molecule has 1 fully saturated rings. The highest BCUT2D eigenvalue weighted by Gasteiger charge is 2.39. The van der Waals surface area contributed by atoms with E-state index in [9.17, 15) is 9.18 Å². The summed E-state index contributed by atoms with van der Waals surface area (Å²) in [6.45, 7) is 3.81. The quantitative estimate of drug-likeness (QED) is 0.303. The highest BCUT2D eigenvalue weighted by Crippen LogP contribution is 2.36. The standard InChI is InChI=1S/C30H34FN5O5/c1-30(17-33-25(38)16-21-6-3-2-4-7-21)18-40-29(41-19-30)36-20-34-26(27(36)22-8-10-23(31)11-9-22)24-12-13-32-28(35-24)39-15-5-14-37/h2-4,6-13,29,34,37H,5,14-20H2,1H3,(H,33,38). The monoisotopic (exact) mass is 563 g/mol. The number of aromatic nitrogens is 2. The van der Waals surface area contributed by atoms with E-state index in [2.05, 4.69) is 20.6 Å². The predicted octanol–water partition coefficient (Wildman–Crippen LogP) is 2.76. The van der Waals surface area contributed by atoms with Gasteiger partial charge in [-0.2, -0.15) is 4.98 Å². The SMILES string of the molecule is CC1(CNC(=O)Cc2ccccc2)COC(N2CNC(c3ccnc(OCCCO)n3)=C2c2ccc(F)cc2)OC1. The number of hydrogen-bond acceptors (Lipinski definition) is 9. The number of carbonyl (C=O) groups is 1. The van der Waals surface area contributed by atoms with Gasteiger partial charge in [0.25, 0.3) is 0 Å². The largest absolute Gasteiger partial charge is 0.463 e. The highest BCUT2D eigenvalue weighted by molar-refractivity contribution is 5.89. The summed E-state index contributed by atoms with van der Waals surface area (Å²) in [5.41, 5.74) is 3.31. The van der Waals surface area contributed by atoms with Crippen LogP contribution in [0.25, 0.3) is 11.4 Å². The lowest BCUT2D eigenvalue weighted by Crippen LogP contribution is -2.51.